The Balaban J connectivity index is 0.993. The number of benzene rings is 10. The zero-order valence-corrected chi connectivity index (χ0v) is 33.2. The predicted molar refractivity (Wildman–Crippen MR) is 257 cm³/mol. The van der Waals surface area contributed by atoms with Gasteiger partial charge in [-0.1, -0.05) is 164 Å². The second-order valence-electron chi connectivity index (χ2n) is 15.7. The Kier molecular flexibility index (Phi) is 8.17. The highest BCUT2D eigenvalue weighted by molar-refractivity contribution is 6.10. The normalized spacial score (nSPS) is 11.6. The first-order chi connectivity index (χ1) is 30.2. The van der Waals surface area contributed by atoms with Crippen LogP contribution in [-0.2, 0) is 0 Å². The lowest BCUT2D eigenvalue weighted by Gasteiger charge is -2.28. The van der Waals surface area contributed by atoms with Crippen LogP contribution in [0.5, 0.6) is 0 Å². The van der Waals surface area contributed by atoms with Gasteiger partial charge in [0.05, 0.1) is 16.7 Å². The number of rotatable bonds is 7. The fourth-order valence-corrected chi connectivity index (χ4v) is 9.33. The van der Waals surface area contributed by atoms with Crippen LogP contribution >= 0.6 is 0 Å². The molecular weight excluding hydrogens is 741 g/mol. The monoisotopic (exact) mass is 778 g/mol. The summed E-state index contributed by atoms with van der Waals surface area (Å²) < 4.78 is 8.64. The third-order valence-corrected chi connectivity index (χ3v) is 12.2. The number of hydrogen-bond acceptors (Lipinski definition) is 2. The molecule has 12 aromatic rings. The van der Waals surface area contributed by atoms with Crippen LogP contribution < -0.4 is 4.90 Å². The van der Waals surface area contributed by atoms with Crippen LogP contribution in [0.4, 0.5) is 17.1 Å². The van der Waals surface area contributed by atoms with E-state index in [4.69, 9.17) is 4.42 Å². The number of hydrogen-bond donors (Lipinski definition) is 0. The van der Waals surface area contributed by atoms with E-state index in [1.54, 1.807) is 0 Å². The van der Waals surface area contributed by atoms with Gasteiger partial charge in [-0.05, 0) is 105 Å². The van der Waals surface area contributed by atoms with Crippen LogP contribution in [0.2, 0.25) is 0 Å². The standard InChI is InChI=1S/C58H38N2O/c1-2-17-47-41(13-1)14-11-22-48(47)42-29-27-39(28-30-42)40-31-34-44(35-32-40)59(45-15-12-16-46(38-45)60-55-24-8-4-19-50(55)51-20-5-9-25-56(51)60)54-23-7-3-18-49(54)43-33-36-58-53(37-43)52-21-6-10-26-57(52)61-58/h1-38H. The predicted octanol–water partition coefficient (Wildman–Crippen LogP) is 16.3. The molecule has 12 rings (SSSR count). The molecule has 0 amide bonds. The van der Waals surface area contributed by atoms with Gasteiger partial charge in [0.1, 0.15) is 11.2 Å². The third-order valence-electron chi connectivity index (χ3n) is 12.2. The van der Waals surface area contributed by atoms with Gasteiger partial charge in [0, 0.05) is 44.2 Å². The molecule has 3 nitrogen and oxygen atoms in total. The van der Waals surface area contributed by atoms with Crippen molar-refractivity contribution >= 4 is 71.6 Å². The maximum Gasteiger partial charge on any atom is 0.135 e. The minimum absolute atomic E-state index is 0.888. The fraction of sp³-hybridized carbons (Fsp3) is 0. The minimum Gasteiger partial charge on any atom is -0.456 e. The van der Waals surface area contributed by atoms with Crippen molar-refractivity contribution in [2.45, 2.75) is 0 Å². The van der Waals surface area contributed by atoms with Crippen molar-refractivity contribution < 1.29 is 4.42 Å². The van der Waals surface area contributed by atoms with E-state index in [-0.39, 0.29) is 0 Å². The molecule has 0 spiro atoms. The molecule has 0 radical (unpaired) electrons. The summed E-state index contributed by atoms with van der Waals surface area (Å²) >= 11 is 0. The van der Waals surface area contributed by atoms with Gasteiger partial charge in [-0.25, -0.2) is 0 Å². The molecule has 0 aliphatic carbocycles. The van der Waals surface area contributed by atoms with Crippen molar-refractivity contribution in [3.05, 3.63) is 231 Å². The first kappa shape index (κ1) is 34.9. The van der Waals surface area contributed by atoms with Gasteiger partial charge in [0.15, 0.2) is 0 Å². The quantitative estimate of drug-likeness (QED) is 0.161. The molecule has 0 N–H and O–H groups in total. The highest BCUT2D eigenvalue weighted by Crippen LogP contribution is 2.44. The molecule has 2 heterocycles. The van der Waals surface area contributed by atoms with E-state index in [2.05, 4.69) is 228 Å². The lowest BCUT2D eigenvalue weighted by molar-refractivity contribution is 0.669. The Morgan fingerprint density at radius 2 is 0.885 bits per heavy atom. The van der Waals surface area contributed by atoms with Crippen LogP contribution in [0.25, 0.3) is 93.6 Å². The Labute approximate surface area is 353 Å². The maximum atomic E-state index is 6.25. The lowest BCUT2D eigenvalue weighted by Crippen LogP contribution is -2.11. The van der Waals surface area contributed by atoms with Crippen molar-refractivity contribution in [2.24, 2.45) is 0 Å². The molecule has 61 heavy (non-hydrogen) atoms. The van der Waals surface area contributed by atoms with E-state index in [0.717, 1.165) is 61.4 Å². The molecule has 10 aromatic carbocycles. The highest BCUT2D eigenvalue weighted by Gasteiger charge is 2.20. The first-order valence-corrected chi connectivity index (χ1v) is 20.8. The van der Waals surface area contributed by atoms with Gasteiger partial charge in [-0.15, -0.1) is 0 Å². The molecule has 0 fully saturated rings. The van der Waals surface area contributed by atoms with E-state index in [1.165, 1.54) is 49.3 Å². The van der Waals surface area contributed by atoms with Crippen molar-refractivity contribution in [3.8, 4) is 39.1 Å². The molecule has 0 atom stereocenters. The number of nitrogens with zero attached hydrogens (tertiary/aromatic N) is 2. The summed E-state index contributed by atoms with van der Waals surface area (Å²) in [5.41, 5.74) is 15.5. The second-order valence-corrected chi connectivity index (χ2v) is 15.7. The Bertz CT molecular complexity index is 3530. The summed E-state index contributed by atoms with van der Waals surface area (Å²) in [5, 5.41) is 7.24. The molecule has 0 aliphatic rings. The smallest absolute Gasteiger partial charge is 0.135 e. The third kappa shape index (κ3) is 5.90. The average Bonchev–Trinajstić information content (AvgIpc) is 3.88. The molecule has 0 unspecified atom stereocenters. The number of fused-ring (bicyclic) bond motifs is 7. The van der Waals surface area contributed by atoms with E-state index in [1.807, 2.05) is 12.1 Å². The van der Waals surface area contributed by atoms with Gasteiger partial charge in [0.25, 0.3) is 0 Å². The molecule has 3 heteroatoms. The zero-order valence-electron chi connectivity index (χ0n) is 33.2. The van der Waals surface area contributed by atoms with Gasteiger partial charge in [-0.2, -0.15) is 0 Å². The fourth-order valence-electron chi connectivity index (χ4n) is 9.33. The van der Waals surface area contributed by atoms with E-state index in [0.29, 0.717) is 0 Å². The minimum atomic E-state index is 0.888. The van der Waals surface area contributed by atoms with Crippen LogP contribution in [0.15, 0.2) is 235 Å². The van der Waals surface area contributed by atoms with Crippen molar-refractivity contribution in [1.82, 2.24) is 4.57 Å². The number of aromatic nitrogens is 1. The molecular formula is C58H38N2O. The van der Waals surface area contributed by atoms with Crippen LogP contribution in [-0.4, -0.2) is 4.57 Å². The molecule has 2 aromatic heterocycles. The Hall–Kier alpha value is -8.14. The van der Waals surface area contributed by atoms with E-state index < -0.39 is 0 Å². The first-order valence-electron chi connectivity index (χ1n) is 20.8. The summed E-state index contributed by atoms with van der Waals surface area (Å²) in [6.07, 6.45) is 0. The summed E-state index contributed by atoms with van der Waals surface area (Å²) in [6, 6.07) is 83.0. The molecule has 0 bridgehead atoms. The largest absolute Gasteiger partial charge is 0.456 e. The van der Waals surface area contributed by atoms with Crippen LogP contribution in [0.1, 0.15) is 0 Å². The van der Waals surface area contributed by atoms with Crippen LogP contribution in [0, 0.1) is 0 Å². The summed E-state index contributed by atoms with van der Waals surface area (Å²) in [5.74, 6) is 0. The number of furan rings is 1. The molecule has 286 valence electrons. The average molecular weight is 779 g/mol. The van der Waals surface area contributed by atoms with Gasteiger partial charge >= 0.3 is 0 Å². The second kappa shape index (κ2) is 14.3. The lowest BCUT2D eigenvalue weighted by atomic mass is 9.96. The maximum absolute atomic E-state index is 6.25. The van der Waals surface area contributed by atoms with Crippen LogP contribution in [0.3, 0.4) is 0 Å². The number of para-hydroxylation sites is 4. The molecule has 0 saturated heterocycles. The van der Waals surface area contributed by atoms with Crippen molar-refractivity contribution in [2.75, 3.05) is 4.90 Å². The highest BCUT2D eigenvalue weighted by atomic mass is 16.3. The zero-order chi connectivity index (χ0) is 40.3. The number of anilines is 3. The topological polar surface area (TPSA) is 21.3 Å². The van der Waals surface area contributed by atoms with Gasteiger partial charge in [-0.3, -0.25) is 0 Å². The Morgan fingerprint density at radius 3 is 1.67 bits per heavy atom. The molecule has 0 saturated carbocycles. The summed E-state index contributed by atoms with van der Waals surface area (Å²) in [4.78, 5) is 2.40. The SMILES string of the molecule is c1cc(N(c2ccc(-c3ccc(-c4cccc5ccccc45)cc3)cc2)c2ccccc2-c2ccc3oc4ccccc4c3c2)cc(-n2c3ccccc3c3ccccc32)c1. The Morgan fingerprint density at radius 1 is 0.328 bits per heavy atom. The summed E-state index contributed by atoms with van der Waals surface area (Å²) in [7, 11) is 0. The molecule has 0 aliphatic heterocycles. The van der Waals surface area contributed by atoms with Crippen molar-refractivity contribution in [1.29, 1.82) is 0 Å². The van der Waals surface area contributed by atoms with E-state index >= 15 is 0 Å². The van der Waals surface area contributed by atoms with Crippen molar-refractivity contribution in [3.63, 3.8) is 0 Å². The van der Waals surface area contributed by atoms with E-state index in [9.17, 15) is 0 Å². The van der Waals surface area contributed by atoms with Gasteiger partial charge in [0.2, 0.25) is 0 Å². The van der Waals surface area contributed by atoms with Gasteiger partial charge < -0.3 is 13.9 Å². The summed E-state index contributed by atoms with van der Waals surface area (Å²) in [6.45, 7) is 0.